The molecule has 2 atom stereocenters. The van der Waals surface area contributed by atoms with Crippen LogP contribution in [0.2, 0.25) is 0 Å². The summed E-state index contributed by atoms with van der Waals surface area (Å²) in [5.74, 6) is -0.514. The van der Waals surface area contributed by atoms with Crippen molar-refractivity contribution in [1.29, 1.82) is 0 Å². The van der Waals surface area contributed by atoms with Crippen molar-refractivity contribution >= 4 is 5.69 Å². The van der Waals surface area contributed by atoms with Crippen molar-refractivity contribution in [3.8, 4) is 0 Å². The third kappa shape index (κ3) is 2.77. The minimum absolute atomic E-state index is 0.0381. The summed E-state index contributed by atoms with van der Waals surface area (Å²) in [7, 11) is 0. The van der Waals surface area contributed by atoms with Crippen molar-refractivity contribution in [2.75, 3.05) is 0 Å². The van der Waals surface area contributed by atoms with Gasteiger partial charge in [0.15, 0.2) is 0 Å². The highest BCUT2D eigenvalue weighted by Gasteiger charge is 2.23. The van der Waals surface area contributed by atoms with Gasteiger partial charge in [-0.1, -0.05) is 12.1 Å². The molecule has 0 spiro atoms. The van der Waals surface area contributed by atoms with Crippen molar-refractivity contribution in [3.05, 3.63) is 39.9 Å². The molecule has 0 aliphatic carbocycles. The quantitative estimate of drug-likeness (QED) is 0.600. The summed E-state index contributed by atoms with van der Waals surface area (Å²) in [6.45, 7) is 3.10. The Morgan fingerprint density at radius 1 is 1.25 bits per heavy atom. The van der Waals surface area contributed by atoms with Gasteiger partial charge in [-0.15, -0.1) is 0 Å². The maximum Gasteiger partial charge on any atom is 0.269 e. The SMILES string of the molecule is CC(O)C(c1cccc([N+](=O)[O-])c1)C(C)O. The Bertz CT molecular complexity index is 368. The monoisotopic (exact) mass is 225 g/mol. The van der Waals surface area contributed by atoms with Gasteiger partial charge in [0, 0.05) is 18.1 Å². The molecule has 0 aromatic heterocycles. The lowest BCUT2D eigenvalue weighted by molar-refractivity contribution is -0.384. The van der Waals surface area contributed by atoms with Crippen LogP contribution in [0.4, 0.5) is 5.69 Å². The molecule has 5 nitrogen and oxygen atoms in total. The van der Waals surface area contributed by atoms with Gasteiger partial charge in [0.2, 0.25) is 0 Å². The van der Waals surface area contributed by atoms with E-state index >= 15 is 0 Å². The fourth-order valence-electron chi connectivity index (χ4n) is 1.81. The zero-order chi connectivity index (χ0) is 12.3. The fraction of sp³-hybridized carbons (Fsp3) is 0.455. The van der Waals surface area contributed by atoms with Gasteiger partial charge in [-0.2, -0.15) is 0 Å². The molecule has 0 saturated carbocycles. The third-order valence-electron chi connectivity index (χ3n) is 2.51. The van der Waals surface area contributed by atoms with Crippen LogP contribution < -0.4 is 0 Å². The number of nitrogens with zero attached hydrogens (tertiary/aromatic N) is 1. The number of aliphatic hydroxyl groups is 2. The van der Waals surface area contributed by atoms with E-state index in [-0.39, 0.29) is 5.69 Å². The second kappa shape index (κ2) is 5.05. The molecule has 0 saturated heterocycles. The van der Waals surface area contributed by atoms with Gasteiger partial charge >= 0.3 is 0 Å². The van der Waals surface area contributed by atoms with Crippen LogP contribution in [0.1, 0.15) is 25.3 Å². The molecular formula is C11H15NO4. The summed E-state index contributed by atoms with van der Waals surface area (Å²) in [5, 5.41) is 29.7. The van der Waals surface area contributed by atoms with Crippen LogP contribution in [0, 0.1) is 10.1 Å². The first kappa shape index (κ1) is 12.6. The average molecular weight is 225 g/mol. The topological polar surface area (TPSA) is 83.6 Å². The number of nitro benzene ring substituents is 1. The first-order valence-corrected chi connectivity index (χ1v) is 5.04. The molecule has 1 aromatic carbocycles. The normalized spacial score (nSPS) is 16.5. The largest absolute Gasteiger partial charge is 0.393 e. The molecule has 2 unspecified atom stereocenters. The van der Waals surface area contributed by atoms with Crippen molar-refractivity contribution in [1.82, 2.24) is 0 Å². The molecular weight excluding hydrogens is 210 g/mol. The molecule has 0 aliphatic rings. The molecule has 0 heterocycles. The maximum absolute atomic E-state index is 10.6. The van der Waals surface area contributed by atoms with E-state index in [2.05, 4.69) is 0 Å². The van der Waals surface area contributed by atoms with Crippen LogP contribution >= 0.6 is 0 Å². The van der Waals surface area contributed by atoms with Crippen molar-refractivity contribution in [3.63, 3.8) is 0 Å². The number of aliphatic hydroxyl groups excluding tert-OH is 2. The Labute approximate surface area is 93.5 Å². The summed E-state index contributed by atoms with van der Waals surface area (Å²) in [4.78, 5) is 10.1. The van der Waals surface area contributed by atoms with Crippen LogP contribution in [-0.2, 0) is 0 Å². The number of hydrogen-bond acceptors (Lipinski definition) is 4. The second-order valence-electron chi connectivity index (χ2n) is 3.86. The number of nitro groups is 1. The molecule has 0 aliphatic heterocycles. The molecule has 5 heteroatoms. The van der Waals surface area contributed by atoms with Crippen LogP contribution in [0.25, 0.3) is 0 Å². The zero-order valence-corrected chi connectivity index (χ0v) is 9.20. The Kier molecular flexibility index (Phi) is 3.98. The van der Waals surface area contributed by atoms with Gasteiger partial charge in [0.25, 0.3) is 5.69 Å². The van der Waals surface area contributed by atoms with Crippen LogP contribution in [0.5, 0.6) is 0 Å². The Balaban J connectivity index is 3.10. The van der Waals surface area contributed by atoms with E-state index in [1.807, 2.05) is 0 Å². The number of benzene rings is 1. The molecule has 2 N–H and O–H groups in total. The summed E-state index contributed by atoms with van der Waals surface area (Å²) < 4.78 is 0. The van der Waals surface area contributed by atoms with Crippen molar-refractivity contribution in [2.24, 2.45) is 0 Å². The molecule has 1 aromatic rings. The van der Waals surface area contributed by atoms with E-state index in [1.54, 1.807) is 26.0 Å². The lowest BCUT2D eigenvalue weighted by Crippen LogP contribution is -2.25. The molecule has 0 radical (unpaired) electrons. The first-order valence-electron chi connectivity index (χ1n) is 5.04. The fourth-order valence-corrected chi connectivity index (χ4v) is 1.81. The number of rotatable bonds is 4. The van der Waals surface area contributed by atoms with Crippen molar-refractivity contribution < 1.29 is 15.1 Å². The Morgan fingerprint density at radius 2 is 1.81 bits per heavy atom. The summed E-state index contributed by atoms with van der Waals surface area (Å²) >= 11 is 0. The summed E-state index contributed by atoms with van der Waals surface area (Å²) in [5.41, 5.74) is 0.531. The van der Waals surface area contributed by atoms with E-state index < -0.39 is 23.0 Å². The predicted octanol–water partition coefficient (Wildman–Crippen LogP) is 1.44. The van der Waals surface area contributed by atoms with Gasteiger partial charge in [-0.3, -0.25) is 10.1 Å². The van der Waals surface area contributed by atoms with Gasteiger partial charge in [0.05, 0.1) is 17.1 Å². The number of hydrogen-bond donors (Lipinski definition) is 2. The third-order valence-corrected chi connectivity index (χ3v) is 2.51. The maximum atomic E-state index is 10.6. The van der Waals surface area contributed by atoms with Crippen LogP contribution in [0.15, 0.2) is 24.3 Å². The van der Waals surface area contributed by atoms with Crippen LogP contribution in [-0.4, -0.2) is 27.3 Å². The smallest absolute Gasteiger partial charge is 0.269 e. The van der Waals surface area contributed by atoms with E-state index in [9.17, 15) is 20.3 Å². The minimum Gasteiger partial charge on any atom is -0.393 e. The van der Waals surface area contributed by atoms with Gasteiger partial charge in [0.1, 0.15) is 0 Å². The Morgan fingerprint density at radius 3 is 2.25 bits per heavy atom. The highest BCUT2D eigenvalue weighted by molar-refractivity contribution is 5.36. The zero-order valence-electron chi connectivity index (χ0n) is 9.20. The van der Waals surface area contributed by atoms with E-state index in [0.717, 1.165) is 0 Å². The predicted molar refractivity (Wildman–Crippen MR) is 59.2 cm³/mol. The molecule has 16 heavy (non-hydrogen) atoms. The highest BCUT2D eigenvalue weighted by atomic mass is 16.6. The highest BCUT2D eigenvalue weighted by Crippen LogP contribution is 2.26. The molecule has 0 bridgehead atoms. The molecule has 1 rings (SSSR count). The lowest BCUT2D eigenvalue weighted by atomic mass is 9.89. The summed E-state index contributed by atoms with van der Waals surface area (Å²) in [6.07, 6.45) is -1.52. The number of non-ortho nitro benzene ring substituents is 1. The van der Waals surface area contributed by atoms with E-state index in [1.165, 1.54) is 12.1 Å². The van der Waals surface area contributed by atoms with Crippen LogP contribution in [0.3, 0.4) is 0 Å². The molecule has 88 valence electrons. The van der Waals surface area contributed by atoms with E-state index in [4.69, 9.17) is 0 Å². The molecule has 0 fully saturated rings. The lowest BCUT2D eigenvalue weighted by Gasteiger charge is -2.22. The molecule has 0 amide bonds. The van der Waals surface area contributed by atoms with Gasteiger partial charge in [-0.25, -0.2) is 0 Å². The first-order chi connectivity index (χ1) is 7.43. The minimum atomic E-state index is -0.762. The van der Waals surface area contributed by atoms with Gasteiger partial charge in [-0.05, 0) is 19.4 Å². The second-order valence-corrected chi connectivity index (χ2v) is 3.86. The Hall–Kier alpha value is -1.46. The summed E-state index contributed by atoms with van der Waals surface area (Å²) in [6, 6.07) is 5.97. The van der Waals surface area contributed by atoms with E-state index in [0.29, 0.717) is 5.56 Å². The van der Waals surface area contributed by atoms with Crippen molar-refractivity contribution in [2.45, 2.75) is 32.0 Å². The standard InChI is InChI=1S/C11H15NO4/c1-7(13)11(8(2)14)9-4-3-5-10(6-9)12(15)16/h3-8,11,13-14H,1-2H3. The van der Waals surface area contributed by atoms with Gasteiger partial charge < -0.3 is 10.2 Å². The average Bonchev–Trinajstić information content (AvgIpc) is 2.16.